The van der Waals surface area contributed by atoms with Crippen molar-refractivity contribution in [1.29, 1.82) is 0 Å². The highest BCUT2D eigenvalue weighted by Crippen LogP contribution is 2.44. The number of carbonyl (C=O) groups excluding carboxylic acids is 3. The number of nitrogens with one attached hydrogen (secondary N) is 2. The Bertz CT molecular complexity index is 1210. The van der Waals surface area contributed by atoms with E-state index in [1.54, 1.807) is 38.1 Å². The van der Waals surface area contributed by atoms with Crippen LogP contribution in [0.3, 0.4) is 0 Å². The average molecular weight is 487 g/mol. The SMILES string of the molecule is C[C@@H](CC(=O)[C@@H](C)NC(=O)OCC1c2ccccc2-c2ccccc21)C(=O)Nc1ccc(CO)cc1. The second-order valence-corrected chi connectivity index (χ2v) is 9.11. The molecule has 0 saturated heterocycles. The third-order valence-electron chi connectivity index (χ3n) is 6.52. The van der Waals surface area contributed by atoms with Gasteiger partial charge in [0, 0.05) is 23.9 Å². The second kappa shape index (κ2) is 11.2. The molecule has 0 radical (unpaired) electrons. The molecule has 4 rings (SSSR count). The van der Waals surface area contributed by atoms with E-state index < -0.39 is 18.1 Å². The fourth-order valence-corrected chi connectivity index (χ4v) is 4.43. The Morgan fingerprint density at radius 3 is 2.06 bits per heavy atom. The molecule has 0 aromatic heterocycles. The zero-order chi connectivity index (χ0) is 25.7. The molecular formula is C29H30N2O5. The van der Waals surface area contributed by atoms with Gasteiger partial charge in [-0.3, -0.25) is 9.59 Å². The molecule has 7 nitrogen and oxygen atoms in total. The van der Waals surface area contributed by atoms with Gasteiger partial charge in [-0.15, -0.1) is 0 Å². The van der Waals surface area contributed by atoms with Crippen molar-refractivity contribution in [2.24, 2.45) is 5.92 Å². The number of fused-ring (bicyclic) bond motifs is 3. The summed E-state index contributed by atoms with van der Waals surface area (Å²) >= 11 is 0. The lowest BCUT2D eigenvalue weighted by Gasteiger charge is -2.18. The number of carbonyl (C=O) groups is 3. The van der Waals surface area contributed by atoms with E-state index in [0.29, 0.717) is 5.69 Å². The van der Waals surface area contributed by atoms with Crippen LogP contribution < -0.4 is 10.6 Å². The molecule has 1 aliphatic carbocycles. The predicted molar refractivity (Wildman–Crippen MR) is 137 cm³/mol. The number of anilines is 1. The quantitative estimate of drug-likeness (QED) is 0.409. The summed E-state index contributed by atoms with van der Waals surface area (Å²) in [6.45, 7) is 3.33. The Labute approximate surface area is 210 Å². The van der Waals surface area contributed by atoms with Gasteiger partial charge in [0.2, 0.25) is 5.91 Å². The lowest BCUT2D eigenvalue weighted by atomic mass is 9.98. The van der Waals surface area contributed by atoms with Crippen LogP contribution in [0, 0.1) is 5.92 Å². The molecule has 7 heteroatoms. The summed E-state index contributed by atoms with van der Waals surface area (Å²) < 4.78 is 5.51. The zero-order valence-corrected chi connectivity index (χ0v) is 20.4. The third kappa shape index (κ3) is 5.63. The Kier molecular flexibility index (Phi) is 7.80. The highest BCUT2D eigenvalue weighted by atomic mass is 16.5. The maximum Gasteiger partial charge on any atom is 0.407 e. The van der Waals surface area contributed by atoms with E-state index in [1.807, 2.05) is 36.4 Å². The Morgan fingerprint density at radius 2 is 1.47 bits per heavy atom. The van der Waals surface area contributed by atoms with Crippen molar-refractivity contribution in [2.75, 3.05) is 11.9 Å². The fraction of sp³-hybridized carbons (Fsp3) is 0.276. The lowest BCUT2D eigenvalue weighted by molar-refractivity contribution is -0.126. The molecule has 0 aliphatic heterocycles. The summed E-state index contributed by atoms with van der Waals surface area (Å²) in [5.74, 6) is -1.21. The van der Waals surface area contributed by atoms with Crippen LogP contribution in [0.25, 0.3) is 11.1 Å². The van der Waals surface area contributed by atoms with Gasteiger partial charge in [-0.1, -0.05) is 67.6 Å². The van der Waals surface area contributed by atoms with Crippen molar-refractivity contribution >= 4 is 23.5 Å². The van der Waals surface area contributed by atoms with Crippen LogP contribution >= 0.6 is 0 Å². The number of benzene rings is 3. The van der Waals surface area contributed by atoms with Crippen LogP contribution in [0.1, 0.15) is 42.9 Å². The first kappa shape index (κ1) is 25.1. The number of aliphatic hydroxyl groups is 1. The molecular weight excluding hydrogens is 456 g/mol. The van der Waals surface area contributed by atoms with E-state index >= 15 is 0 Å². The monoisotopic (exact) mass is 486 g/mol. The van der Waals surface area contributed by atoms with Gasteiger partial charge in [0.15, 0.2) is 5.78 Å². The molecule has 3 aromatic carbocycles. The summed E-state index contributed by atoms with van der Waals surface area (Å²) in [4.78, 5) is 37.6. The summed E-state index contributed by atoms with van der Waals surface area (Å²) in [7, 11) is 0. The van der Waals surface area contributed by atoms with Gasteiger partial charge in [0.1, 0.15) is 6.61 Å². The largest absolute Gasteiger partial charge is 0.449 e. The minimum atomic E-state index is -0.792. The van der Waals surface area contributed by atoms with Crippen molar-refractivity contribution in [1.82, 2.24) is 5.32 Å². The molecule has 0 bridgehead atoms. The van der Waals surface area contributed by atoms with Gasteiger partial charge in [-0.25, -0.2) is 4.79 Å². The van der Waals surface area contributed by atoms with Crippen LogP contribution in [-0.4, -0.2) is 35.5 Å². The first-order valence-corrected chi connectivity index (χ1v) is 12.0. The van der Waals surface area contributed by atoms with Crippen LogP contribution in [0.2, 0.25) is 0 Å². The average Bonchev–Trinajstić information content (AvgIpc) is 3.21. The van der Waals surface area contributed by atoms with Crippen LogP contribution in [-0.2, 0) is 20.9 Å². The molecule has 186 valence electrons. The minimum absolute atomic E-state index is 0.0224. The molecule has 3 N–H and O–H groups in total. The normalized spacial score (nSPS) is 13.8. The second-order valence-electron chi connectivity index (χ2n) is 9.11. The molecule has 2 amide bonds. The van der Waals surface area contributed by atoms with E-state index in [-0.39, 0.29) is 37.2 Å². The van der Waals surface area contributed by atoms with Crippen molar-refractivity contribution in [2.45, 2.75) is 38.8 Å². The van der Waals surface area contributed by atoms with E-state index in [0.717, 1.165) is 27.8 Å². The van der Waals surface area contributed by atoms with Gasteiger partial charge < -0.3 is 20.5 Å². The van der Waals surface area contributed by atoms with E-state index in [1.165, 1.54) is 0 Å². The fourth-order valence-electron chi connectivity index (χ4n) is 4.43. The molecule has 1 aliphatic rings. The summed E-state index contributed by atoms with van der Waals surface area (Å²) in [5, 5.41) is 14.5. The van der Waals surface area contributed by atoms with Gasteiger partial charge in [0.25, 0.3) is 0 Å². The predicted octanol–water partition coefficient (Wildman–Crippen LogP) is 4.64. The lowest BCUT2D eigenvalue weighted by Crippen LogP contribution is -2.40. The highest BCUT2D eigenvalue weighted by molar-refractivity contribution is 5.96. The Balaban J connectivity index is 1.27. The number of hydrogen-bond acceptors (Lipinski definition) is 5. The number of Topliss-reactive ketones (excluding diaryl/α,β-unsaturated/α-hetero) is 1. The summed E-state index contributed by atoms with van der Waals surface area (Å²) in [6, 6.07) is 22.2. The van der Waals surface area contributed by atoms with Crippen molar-refractivity contribution in [3.63, 3.8) is 0 Å². The van der Waals surface area contributed by atoms with Gasteiger partial charge in [-0.05, 0) is 46.9 Å². The smallest absolute Gasteiger partial charge is 0.407 e. The Hall–Kier alpha value is -3.97. The number of ketones is 1. The van der Waals surface area contributed by atoms with Crippen LogP contribution in [0.4, 0.5) is 10.5 Å². The molecule has 0 spiro atoms. The highest BCUT2D eigenvalue weighted by Gasteiger charge is 2.29. The van der Waals surface area contributed by atoms with Crippen molar-refractivity contribution in [3.05, 3.63) is 89.5 Å². The standard InChI is InChI=1S/C29H30N2O5/c1-18(28(34)31-21-13-11-20(16-32)12-14-21)15-27(33)19(2)30-29(35)36-17-26-24-9-5-3-7-22(24)23-8-4-6-10-25(23)26/h3-14,18-19,26,32H,15-17H2,1-2H3,(H,30,35)(H,31,34)/t18-,19+/m0/s1. The molecule has 0 fully saturated rings. The first-order chi connectivity index (χ1) is 17.4. The number of rotatable bonds is 9. The minimum Gasteiger partial charge on any atom is -0.449 e. The third-order valence-corrected chi connectivity index (χ3v) is 6.52. The van der Waals surface area contributed by atoms with Crippen molar-refractivity contribution < 1.29 is 24.2 Å². The topological polar surface area (TPSA) is 105 Å². The maximum absolute atomic E-state index is 12.6. The van der Waals surface area contributed by atoms with Gasteiger partial charge >= 0.3 is 6.09 Å². The number of aliphatic hydroxyl groups excluding tert-OH is 1. The zero-order valence-electron chi connectivity index (χ0n) is 20.4. The van der Waals surface area contributed by atoms with Crippen LogP contribution in [0.5, 0.6) is 0 Å². The van der Waals surface area contributed by atoms with Gasteiger partial charge in [0.05, 0.1) is 12.6 Å². The molecule has 0 saturated carbocycles. The number of alkyl carbamates (subject to hydrolysis) is 1. The van der Waals surface area contributed by atoms with Crippen molar-refractivity contribution in [3.8, 4) is 11.1 Å². The van der Waals surface area contributed by atoms with E-state index in [4.69, 9.17) is 9.84 Å². The number of hydrogen-bond donors (Lipinski definition) is 3. The molecule has 2 atom stereocenters. The summed E-state index contributed by atoms with van der Waals surface area (Å²) in [5.41, 5.74) is 5.83. The van der Waals surface area contributed by atoms with E-state index in [2.05, 4.69) is 22.8 Å². The molecule has 36 heavy (non-hydrogen) atoms. The van der Waals surface area contributed by atoms with Gasteiger partial charge in [-0.2, -0.15) is 0 Å². The maximum atomic E-state index is 12.6. The molecule has 0 unspecified atom stereocenters. The number of amides is 2. The molecule has 0 heterocycles. The Morgan fingerprint density at radius 1 is 0.889 bits per heavy atom. The summed E-state index contributed by atoms with van der Waals surface area (Å²) in [6.07, 6.45) is -0.690. The van der Waals surface area contributed by atoms with Crippen LogP contribution in [0.15, 0.2) is 72.8 Å². The number of ether oxygens (including phenoxy) is 1. The molecule has 3 aromatic rings. The first-order valence-electron chi connectivity index (χ1n) is 12.0. The van der Waals surface area contributed by atoms with E-state index in [9.17, 15) is 14.4 Å².